The van der Waals surface area contributed by atoms with E-state index >= 15 is 0 Å². The zero-order valence-electron chi connectivity index (χ0n) is 51.0. The third-order valence-electron chi connectivity index (χ3n) is 11.7. The number of nitrogens with zero attached hydrogens (tertiary/aromatic N) is 3. The molecule has 10 rings (SSSR count). The Morgan fingerprint density at radius 1 is 0.639 bits per heavy atom. The number of hydrogen-bond donors (Lipinski definition) is 0. The van der Waals surface area contributed by atoms with E-state index in [1.54, 1.807) is 32.9 Å². The molecule has 4 nitrogen and oxygen atoms in total. The number of halogens is 1. The Hall–Kier alpha value is -6.63. The Labute approximate surface area is 453 Å². The minimum Gasteiger partial charge on any atom is -0.501 e. The van der Waals surface area contributed by atoms with Gasteiger partial charge in [0.1, 0.15) is 5.58 Å². The van der Waals surface area contributed by atoms with Gasteiger partial charge in [0.15, 0.2) is 0 Å². The van der Waals surface area contributed by atoms with E-state index in [0.29, 0.717) is 16.7 Å². The summed E-state index contributed by atoms with van der Waals surface area (Å²) in [6.45, 7) is 13.0. The molecule has 4 heterocycles. The first-order chi connectivity index (χ1) is 37.4. The quantitative estimate of drug-likeness (QED) is 0.118. The molecule has 4 aromatic heterocycles. The maximum absolute atomic E-state index is 12.8. The number of aromatic nitrogens is 3. The normalized spacial score (nSPS) is 13.9. The van der Waals surface area contributed by atoms with Crippen molar-refractivity contribution in [1.29, 1.82) is 0 Å². The van der Waals surface area contributed by atoms with Crippen LogP contribution in [0.4, 0.5) is 4.39 Å². The van der Waals surface area contributed by atoms with Gasteiger partial charge in [-0.15, -0.1) is 83.9 Å². The van der Waals surface area contributed by atoms with Gasteiger partial charge in [-0.1, -0.05) is 163 Å². The molecule has 0 atom stereocenters. The standard InChI is InChI=1S/C36H32NO.C15H16N.C14H15FNSi.Ir/c1-23-18-25(21-36(3,4)5)14-16-28(23)32-20-33(37-22-24(32)2)31-13-9-12-30-29-17-15-27(19-34(29)38-35(30)31)26-10-7-6-8-11-26;1-15(2,3)13-9-10-14(16-11-13)12-7-5-4-6-8-12;1-17(2,3)13-8-9-14(16-10-13)11-4-6-12(15)7-5-11;/h6-12,14-20,22H,21H2,1-5H3;4-7,9-11H,1-3H3;4,6-10H,1-3H3;/q3*-1;+3/i1D3,2D3,16D,21D2;;;. The average Bonchev–Trinajstić information content (AvgIpc) is 3.90. The van der Waals surface area contributed by atoms with Crippen LogP contribution >= 0.6 is 0 Å². The van der Waals surface area contributed by atoms with E-state index in [1.807, 2.05) is 97.3 Å². The number of hydrogen-bond acceptors (Lipinski definition) is 4. The second-order valence-electron chi connectivity index (χ2n) is 20.5. The third kappa shape index (κ3) is 13.1. The molecule has 0 saturated carbocycles. The number of furan rings is 1. The molecular formula is C65H63FIrN3OSi. The van der Waals surface area contributed by atoms with Crippen molar-refractivity contribution >= 4 is 35.2 Å². The fourth-order valence-corrected chi connectivity index (χ4v) is 8.91. The van der Waals surface area contributed by atoms with E-state index in [0.717, 1.165) is 44.4 Å². The van der Waals surface area contributed by atoms with Crippen molar-refractivity contribution in [3.8, 4) is 56.0 Å². The smallest absolute Gasteiger partial charge is 0.501 e. The predicted octanol–water partition coefficient (Wildman–Crippen LogP) is 17.1. The zero-order valence-corrected chi connectivity index (χ0v) is 45.4. The van der Waals surface area contributed by atoms with Crippen LogP contribution in [0.3, 0.4) is 0 Å². The van der Waals surface area contributed by atoms with Crippen LogP contribution in [0.1, 0.15) is 76.1 Å². The SMILES string of the molecule is CC(C)(C)c1ccc(-c2[c-]cccc2)nc1.C[Si](C)(C)c1ccc(-c2[c-]cc(F)cc2)nc1.[2H]c1cc(C([2H])([2H])C(C)(C)C)cc(C([2H])([2H])[2H])c1-c1cc(-c2[c-]ccc3c2oc2cc(-c4ccccc4)ccc23)ncc1C([2H])([2H])[2H].[Ir+3]. The summed E-state index contributed by atoms with van der Waals surface area (Å²) in [5, 5.41) is 2.99. The van der Waals surface area contributed by atoms with Gasteiger partial charge in [0.05, 0.1) is 15.0 Å². The molecule has 6 aromatic carbocycles. The summed E-state index contributed by atoms with van der Waals surface area (Å²) in [4.78, 5) is 13.4. The van der Waals surface area contributed by atoms with Crippen LogP contribution in [0.25, 0.3) is 78.0 Å². The second-order valence-corrected chi connectivity index (χ2v) is 25.6. The van der Waals surface area contributed by atoms with Crippen LogP contribution in [0.2, 0.25) is 19.6 Å². The molecule has 0 unspecified atom stereocenters. The van der Waals surface area contributed by atoms with Gasteiger partial charge >= 0.3 is 20.1 Å². The number of pyridine rings is 3. The van der Waals surface area contributed by atoms with E-state index in [1.165, 1.54) is 47.3 Å². The molecule has 72 heavy (non-hydrogen) atoms. The van der Waals surface area contributed by atoms with Gasteiger partial charge in [0.2, 0.25) is 0 Å². The first-order valence-electron chi connectivity index (χ1n) is 28.1. The molecule has 0 bridgehead atoms. The van der Waals surface area contributed by atoms with Crippen molar-refractivity contribution in [1.82, 2.24) is 15.0 Å². The summed E-state index contributed by atoms with van der Waals surface area (Å²) >= 11 is 0. The van der Waals surface area contributed by atoms with Gasteiger partial charge in [-0.2, -0.15) is 0 Å². The Morgan fingerprint density at radius 2 is 1.36 bits per heavy atom. The van der Waals surface area contributed by atoms with Crippen molar-refractivity contribution in [2.45, 2.75) is 86.7 Å². The van der Waals surface area contributed by atoms with Gasteiger partial charge in [-0.25, -0.2) is 0 Å². The molecule has 10 aromatic rings. The Morgan fingerprint density at radius 3 is 1.99 bits per heavy atom. The largest absolute Gasteiger partial charge is 3.00 e. The van der Waals surface area contributed by atoms with Crippen molar-refractivity contribution in [3.05, 3.63) is 216 Å². The molecule has 7 heteroatoms. The van der Waals surface area contributed by atoms with E-state index in [2.05, 4.69) is 91.8 Å². The Balaban J connectivity index is 0.000000225. The van der Waals surface area contributed by atoms with Gasteiger partial charge in [0, 0.05) is 40.8 Å². The molecular weight excluding hydrogens is 1080 g/mol. The fraction of sp³-hybridized carbons (Fsp3) is 0.215. The van der Waals surface area contributed by atoms with Gasteiger partial charge in [0.25, 0.3) is 0 Å². The van der Waals surface area contributed by atoms with Crippen LogP contribution < -0.4 is 5.19 Å². The first kappa shape index (κ1) is 41.9. The molecule has 0 aliphatic heterocycles. The van der Waals surface area contributed by atoms with Crippen molar-refractivity contribution in [2.24, 2.45) is 5.41 Å². The molecule has 0 aliphatic carbocycles. The number of rotatable bonds is 7. The van der Waals surface area contributed by atoms with Crippen LogP contribution in [0.5, 0.6) is 0 Å². The summed E-state index contributed by atoms with van der Waals surface area (Å²) in [6, 6.07) is 53.1. The molecule has 0 N–H and O–H groups in total. The number of benzene rings is 6. The van der Waals surface area contributed by atoms with Crippen LogP contribution in [0.15, 0.2) is 175 Å². The third-order valence-corrected chi connectivity index (χ3v) is 13.8. The maximum Gasteiger partial charge on any atom is 3.00 e. The summed E-state index contributed by atoms with van der Waals surface area (Å²) in [5.41, 5.74) is 7.43. The monoisotopic (exact) mass is 1150 g/mol. The van der Waals surface area contributed by atoms with E-state index < -0.39 is 33.6 Å². The van der Waals surface area contributed by atoms with Crippen LogP contribution in [0, 0.1) is 43.1 Å². The van der Waals surface area contributed by atoms with Crippen molar-refractivity contribution in [2.75, 3.05) is 0 Å². The maximum atomic E-state index is 12.8. The molecule has 0 fully saturated rings. The molecule has 0 spiro atoms. The Kier molecular flexibility index (Phi) is 13.1. The fourth-order valence-electron chi connectivity index (χ4n) is 7.88. The minimum absolute atomic E-state index is 0. The zero-order chi connectivity index (χ0) is 58.2. The second kappa shape index (κ2) is 22.4. The topological polar surface area (TPSA) is 51.8 Å². The summed E-state index contributed by atoms with van der Waals surface area (Å²) < 4.78 is 95.5. The summed E-state index contributed by atoms with van der Waals surface area (Å²) in [5.74, 6) is -0.271. The predicted molar refractivity (Wildman–Crippen MR) is 298 cm³/mol. The molecule has 0 amide bonds. The van der Waals surface area contributed by atoms with Crippen molar-refractivity contribution < 1.29 is 41.2 Å². The van der Waals surface area contributed by atoms with Gasteiger partial charge < -0.3 is 19.4 Å². The first-order valence-corrected chi connectivity index (χ1v) is 27.1. The summed E-state index contributed by atoms with van der Waals surface area (Å²) in [7, 11) is -1.30. The Bertz CT molecular complexity index is 3780. The van der Waals surface area contributed by atoms with E-state index in [4.69, 9.17) is 16.8 Å². The summed E-state index contributed by atoms with van der Waals surface area (Å²) in [6.07, 6.45) is 3.09. The minimum atomic E-state index is -2.79. The molecule has 364 valence electrons. The molecule has 0 radical (unpaired) electrons. The number of aryl methyl sites for hydroxylation is 2. The van der Waals surface area contributed by atoms with Gasteiger partial charge in [-0.05, 0) is 104 Å². The molecule has 0 saturated heterocycles. The average molecular weight is 1150 g/mol. The molecule has 0 aliphatic rings. The van der Waals surface area contributed by atoms with E-state index in [9.17, 15) is 4.39 Å². The van der Waals surface area contributed by atoms with Crippen molar-refractivity contribution in [3.63, 3.8) is 0 Å². The van der Waals surface area contributed by atoms with Crippen LogP contribution in [-0.2, 0) is 31.9 Å². The van der Waals surface area contributed by atoms with Crippen LogP contribution in [-0.4, -0.2) is 23.0 Å². The van der Waals surface area contributed by atoms with E-state index in [-0.39, 0.29) is 70.9 Å². The van der Waals surface area contributed by atoms with Gasteiger partial charge in [-0.3, -0.25) is 4.39 Å². The number of fused-ring (bicyclic) bond motifs is 3.